The number of aromatic amines is 1. The Kier molecular flexibility index (Phi) is 4.03. The van der Waals surface area contributed by atoms with E-state index in [1.54, 1.807) is 0 Å². The minimum absolute atomic E-state index is 0.110. The van der Waals surface area contributed by atoms with Gasteiger partial charge < -0.3 is 16.0 Å². The van der Waals surface area contributed by atoms with E-state index in [2.05, 4.69) is 16.4 Å². The van der Waals surface area contributed by atoms with Gasteiger partial charge in [0.25, 0.3) is 5.56 Å². The van der Waals surface area contributed by atoms with Gasteiger partial charge in [-0.15, -0.1) is 0 Å². The fourth-order valence-corrected chi connectivity index (χ4v) is 3.73. The summed E-state index contributed by atoms with van der Waals surface area (Å²) in [5, 5.41) is 6.00. The Balaban J connectivity index is 1.84. The van der Waals surface area contributed by atoms with E-state index in [-0.39, 0.29) is 5.56 Å². The first kappa shape index (κ1) is 17.1. The molecule has 0 radical (unpaired) electrons. The van der Waals surface area contributed by atoms with Crippen molar-refractivity contribution in [2.45, 2.75) is 0 Å². The monoisotopic (exact) mass is 377 g/mol. The van der Waals surface area contributed by atoms with Gasteiger partial charge in [-0.1, -0.05) is 48.5 Å². The predicted octanol–water partition coefficient (Wildman–Crippen LogP) is 5.67. The SMILES string of the molecule is Nc1ccc(-c2cc(Nc3ccccc3)c3c(=O)[nH]c4ccccc4c3c2)cc1. The van der Waals surface area contributed by atoms with E-state index >= 15 is 0 Å². The van der Waals surface area contributed by atoms with Crippen LogP contribution in [0.2, 0.25) is 0 Å². The molecule has 29 heavy (non-hydrogen) atoms. The molecule has 140 valence electrons. The van der Waals surface area contributed by atoms with Crippen LogP contribution in [0, 0.1) is 0 Å². The molecule has 0 fully saturated rings. The third-order valence-electron chi connectivity index (χ3n) is 5.13. The number of aromatic nitrogens is 1. The minimum Gasteiger partial charge on any atom is -0.399 e. The highest BCUT2D eigenvalue weighted by Gasteiger charge is 2.13. The Morgan fingerprint density at radius 3 is 2.24 bits per heavy atom. The van der Waals surface area contributed by atoms with E-state index < -0.39 is 0 Å². The van der Waals surface area contributed by atoms with Crippen molar-refractivity contribution >= 4 is 38.7 Å². The number of nitrogens with two attached hydrogens (primary N) is 1. The van der Waals surface area contributed by atoms with Crippen molar-refractivity contribution in [1.82, 2.24) is 4.98 Å². The van der Waals surface area contributed by atoms with E-state index in [9.17, 15) is 4.79 Å². The molecule has 0 saturated carbocycles. The minimum atomic E-state index is -0.110. The molecule has 0 saturated heterocycles. The summed E-state index contributed by atoms with van der Waals surface area (Å²) in [6.45, 7) is 0. The van der Waals surface area contributed by atoms with Crippen molar-refractivity contribution in [3.05, 3.63) is 101 Å². The Labute approximate surface area is 167 Å². The van der Waals surface area contributed by atoms with Gasteiger partial charge in [0, 0.05) is 22.3 Å². The Hall–Kier alpha value is -4.05. The lowest BCUT2D eigenvalue weighted by Gasteiger charge is -2.14. The summed E-state index contributed by atoms with van der Waals surface area (Å²) >= 11 is 0. The average Bonchev–Trinajstić information content (AvgIpc) is 2.75. The maximum absolute atomic E-state index is 13.0. The largest absolute Gasteiger partial charge is 0.399 e. The van der Waals surface area contributed by atoms with Crippen molar-refractivity contribution in [2.75, 3.05) is 11.1 Å². The maximum atomic E-state index is 13.0. The normalized spacial score (nSPS) is 11.0. The zero-order valence-corrected chi connectivity index (χ0v) is 15.6. The van der Waals surface area contributed by atoms with Gasteiger partial charge in [-0.3, -0.25) is 4.79 Å². The molecule has 0 amide bonds. The lowest BCUT2D eigenvalue weighted by molar-refractivity contribution is 1.34. The summed E-state index contributed by atoms with van der Waals surface area (Å²) in [6.07, 6.45) is 0. The standard InChI is InChI=1S/C25H19N3O/c26-18-12-10-16(11-13-18)17-14-21-20-8-4-5-9-22(20)28-25(29)24(21)23(15-17)27-19-6-2-1-3-7-19/h1-15,27H,26H2,(H,28,29). The lowest BCUT2D eigenvalue weighted by Crippen LogP contribution is -2.09. The molecule has 0 aliphatic carbocycles. The molecule has 0 spiro atoms. The summed E-state index contributed by atoms with van der Waals surface area (Å²) in [4.78, 5) is 16.0. The van der Waals surface area contributed by atoms with Crippen LogP contribution >= 0.6 is 0 Å². The van der Waals surface area contributed by atoms with E-state index in [0.29, 0.717) is 5.39 Å². The van der Waals surface area contributed by atoms with Crippen molar-refractivity contribution in [2.24, 2.45) is 0 Å². The Bertz CT molecular complexity index is 1390. The Morgan fingerprint density at radius 1 is 0.724 bits per heavy atom. The molecule has 1 heterocycles. The van der Waals surface area contributed by atoms with Gasteiger partial charge in [0.1, 0.15) is 0 Å². The number of anilines is 3. The number of nitrogen functional groups attached to an aromatic ring is 1. The zero-order valence-electron chi connectivity index (χ0n) is 15.6. The van der Waals surface area contributed by atoms with Crippen molar-refractivity contribution in [3.8, 4) is 11.1 Å². The molecule has 0 atom stereocenters. The zero-order chi connectivity index (χ0) is 19.8. The lowest BCUT2D eigenvalue weighted by atomic mass is 9.97. The summed E-state index contributed by atoms with van der Waals surface area (Å²) in [5.74, 6) is 0. The molecule has 4 nitrogen and oxygen atoms in total. The van der Waals surface area contributed by atoms with Crippen molar-refractivity contribution in [3.63, 3.8) is 0 Å². The molecule has 1 aromatic heterocycles. The summed E-state index contributed by atoms with van der Waals surface area (Å²) in [6, 6.07) is 29.6. The van der Waals surface area contributed by atoms with Crippen LogP contribution in [0.4, 0.5) is 17.1 Å². The number of rotatable bonds is 3. The summed E-state index contributed by atoms with van der Waals surface area (Å²) < 4.78 is 0. The predicted molar refractivity (Wildman–Crippen MR) is 122 cm³/mol. The second-order valence-corrected chi connectivity index (χ2v) is 7.06. The van der Waals surface area contributed by atoms with Crippen molar-refractivity contribution in [1.29, 1.82) is 0 Å². The third-order valence-corrected chi connectivity index (χ3v) is 5.13. The smallest absolute Gasteiger partial charge is 0.258 e. The van der Waals surface area contributed by atoms with Crippen LogP contribution < -0.4 is 16.6 Å². The van der Waals surface area contributed by atoms with Crippen LogP contribution in [-0.2, 0) is 0 Å². The van der Waals surface area contributed by atoms with E-state index in [4.69, 9.17) is 5.73 Å². The number of fused-ring (bicyclic) bond motifs is 3. The number of H-pyrrole nitrogens is 1. The Morgan fingerprint density at radius 2 is 1.45 bits per heavy atom. The van der Waals surface area contributed by atoms with Gasteiger partial charge in [-0.05, 0) is 59.0 Å². The first-order valence-electron chi connectivity index (χ1n) is 9.46. The highest BCUT2D eigenvalue weighted by atomic mass is 16.1. The quantitative estimate of drug-likeness (QED) is 0.280. The first-order chi connectivity index (χ1) is 14.2. The highest BCUT2D eigenvalue weighted by Crippen LogP contribution is 2.34. The molecule has 0 bridgehead atoms. The molecule has 5 aromatic rings. The van der Waals surface area contributed by atoms with Crippen LogP contribution in [0.25, 0.3) is 32.8 Å². The van der Waals surface area contributed by atoms with Gasteiger partial charge in [0.2, 0.25) is 0 Å². The van der Waals surface area contributed by atoms with Crippen LogP contribution in [0.5, 0.6) is 0 Å². The van der Waals surface area contributed by atoms with E-state index in [1.807, 2.05) is 84.9 Å². The summed E-state index contributed by atoms with van der Waals surface area (Å²) in [7, 11) is 0. The number of nitrogens with one attached hydrogen (secondary N) is 2. The second kappa shape index (κ2) is 6.84. The summed E-state index contributed by atoms with van der Waals surface area (Å²) in [5.41, 5.74) is 11.1. The molecule has 4 heteroatoms. The topological polar surface area (TPSA) is 70.9 Å². The van der Waals surface area contributed by atoms with Crippen LogP contribution in [0.15, 0.2) is 95.8 Å². The molecule has 0 aliphatic rings. The van der Waals surface area contributed by atoms with E-state index in [0.717, 1.165) is 44.5 Å². The molecule has 0 unspecified atom stereocenters. The van der Waals surface area contributed by atoms with Gasteiger partial charge in [-0.2, -0.15) is 0 Å². The molecule has 5 rings (SSSR count). The van der Waals surface area contributed by atoms with Crippen molar-refractivity contribution < 1.29 is 0 Å². The molecule has 4 aromatic carbocycles. The average molecular weight is 377 g/mol. The number of benzene rings is 4. The van der Waals surface area contributed by atoms with Gasteiger partial charge in [0.05, 0.1) is 11.1 Å². The fourth-order valence-electron chi connectivity index (χ4n) is 3.73. The van der Waals surface area contributed by atoms with Crippen LogP contribution in [0.1, 0.15) is 0 Å². The fraction of sp³-hybridized carbons (Fsp3) is 0. The maximum Gasteiger partial charge on any atom is 0.258 e. The van der Waals surface area contributed by atoms with Gasteiger partial charge in [0.15, 0.2) is 0 Å². The van der Waals surface area contributed by atoms with Crippen LogP contribution in [0.3, 0.4) is 0 Å². The highest BCUT2D eigenvalue weighted by molar-refractivity contribution is 6.11. The molecule has 0 aliphatic heterocycles. The van der Waals surface area contributed by atoms with Crippen LogP contribution in [-0.4, -0.2) is 4.98 Å². The first-order valence-corrected chi connectivity index (χ1v) is 9.46. The second-order valence-electron chi connectivity index (χ2n) is 7.06. The number of pyridine rings is 1. The van der Waals surface area contributed by atoms with Gasteiger partial charge >= 0.3 is 0 Å². The molecular weight excluding hydrogens is 358 g/mol. The number of para-hydroxylation sites is 2. The van der Waals surface area contributed by atoms with Gasteiger partial charge in [-0.25, -0.2) is 0 Å². The number of hydrogen-bond donors (Lipinski definition) is 3. The number of hydrogen-bond acceptors (Lipinski definition) is 3. The third kappa shape index (κ3) is 3.11. The molecular formula is C25H19N3O. The molecule has 4 N–H and O–H groups in total. The van der Waals surface area contributed by atoms with E-state index in [1.165, 1.54) is 0 Å².